The molecule has 2 heterocycles. The van der Waals surface area contributed by atoms with Gasteiger partial charge in [-0.25, -0.2) is 14.2 Å². The van der Waals surface area contributed by atoms with Crippen molar-refractivity contribution in [3.63, 3.8) is 0 Å². The average Bonchev–Trinajstić information content (AvgIpc) is 3.27. The summed E-state index contributed by atoms with van der Waals surface area (Å²) in [4.78, 5) is 30.3. The lowest BCUT2D eigenvalue weighted by atomic mass is 9.95. The van der Waals surface area contributed by atoms with E-state index in [1.165, 1.54) is 49.4 Å². The third kappa shape index (κ3) is 6.02. The number of hydrogen-bond donors (Lipinski definition) is 0. The van der Waals surface area contributed by atoms with Crippen LogP contribution in [0, 0.1) is 5.82 Å². The fraction of sp³-hybridized carbons (Fsp3) is 0.167. The quantitative estimate of drug-likeness (QED) is 0.197. The van der Waals surface area contributed by atoms with Crippen molar-refractivity contribution in [2.45, 2.75) is 25.7 Å². The lowest BCUT2D eigenvalue weighted by Gasteiger charge is -2.26. The molecule has 1 aliphatic heterocycles. The van der Waals surface area contributed by atoms with E-state index in [4.69, 9.17) is 21.1 Å². The highest BCUT2D eigenvalue weighted by molar-refractivity contribution is 7.07. The van der Waals surface area contributed by atoms with Gasteiger partial charge in [0, 0.05) is 10.6 Å². The largest absolute Gasteiger partial charge is 0.488 e. The summed E-state index contributed by atoms with van der Waals surface area (Å²) in [5, 5.41) is 0.320. The lowest BCUT2D eigenvalue weighted by Crippen LogP contribution is -2.41. The molecule has 3 aromatic carbocycles. The number of aromatic nitrogens is 1. The summed E-state index contributed by atoms with van der Waals surface area (Å²) in [5.74, 6) is -1.22. The van der Waals surface area contributed by atoms with E-state index in [9.17, 15) is 27.2 Å². The Morgan fingerprint density at radius 1 is 1.07 bits per heavy atom. The number of hydrogen-bond acceptors (Lipinski definition) is 6. The van der Waals surface area contributed by atoms with E-state index in [0.29, 0.717) is 21.9 Å². The Kier molecular flexibility index (Phi) is 8.33. The minimum absolute atomic E-state index is 0.0668. The number of carbonyl (C=O) groups excluding carboxylic acids is 1. The average molecular weight is 617 g/mol. The SMILES string of the molecule is CCOC(=O)C1=C(C(F)(F)F)N=c2s/c(=C\c3ccccc3OCc3ccc(F)cc3)c(=O)n2[C@H]1c1ccc(Cl)cc1. The molecule has 1 atom stereocenters. The molecule has 0 N–H and O–H groups in total. The van der Waals surface area contributed by atoms with Gasteiger partial charge in [0.1, 0.15) is 18.2 Å². The van der Waals surface area contributed by atoms with Crippen molar-refractivity contribution in [3.8, 4) is 5.75 Å². The Hall–Kier alpha value is -4.22. The molecule has 6 nitrogen and oxygen atoms in total. The molecule has 0 amide bonds. The summed E-state index contributed by atoms with van der Waals surface area (Å²) in [6.45, 7) is 1.40. The number of thiazole rings is 1. The number of benzene rings is 3. The second kappa shape index (κ2) is 11.9. The highest BCUT2D eigenvalue weighted by Gasteiger charge is 2.45. The van der Waals surface area contributed by atoms with Crippen molar-refractivity contribution < 1.29 is 31.8 Å². The second-order valence-electron chi connectivity index (χ2n) is 9.07. The zero-order chi connectivity index (χ0) is 30.0. The summed E-state index contributed by atoms with van der Waals surface area (Å²) < 4.78 is 68.1. The number of esters is 1. The maximum absolute atomic E-state index is 14.3. The van der Waals surface area contributed by atoms with E-state index in [-0.39, 0.29) is 33.9 Å². The van der Waals surface area contributed by atoms with Crippen molar-refractivity contribution in [1.29, 1.82) is 0 Å². The Morgan fingerprint density at radius 3 is 2.43 bits per heavy atom. The molecule has 0 saturated carbocycles. The molecular weight excluding hydrogens is 596 g/mol. The van der Waals surface area contributed by atoms with Crippen molar-refractivity contribution in [2.75, 3.05) is 6.61 Å². The molecule has 0 radical (unpaired) electrons. The van der Waals surface area contributed by atoms with Crippen molar-refractivity contribution in [2.24, 2.45) is 4.99 Å². The van der Waals surface area contributed by atoms with Gasteiger partial charge in [0.25, 0.3) is 5.56 Å². The molecule has 0 aliphatic carbocycles. The second-order valence-corrected chi connectivity index (χ2v) is 10.5. The van der Waals surface area contributed by atoms with Crippen LogP contribution in [0.5, 0.6) is 5.75 Å². The fourth-order valence-electron chi connectivity index (χ4n) is 4.42. The van der Waals surface area contributed by atoms with Crippen LogP contribution in [0.3, 0.4) is 0 Å². The van der Waals surface area contributed by atoms with Crippen molar-refractivity contribution >= 4 is 35.0 Å². The molecule has 1 aliphatic rings. The number of ether oxygens (including phenoxy) is 2. The third-order valence-corrected chi connectivity index (χ3v) is 7.53. The molecular formula is C30H21ClF4N2O4S. The highest BCUT2D eigenvalue weighted by atomic mass is 35.5. The number of allylic oxidation sites excluding steroid dienone is 1. The molecule has 5 rings (SSSR count). The predicted molar refractivity (Wildman–Crippen MR) is 149 cm³/mol. The van der Waals surface area contributed by atoms with Gasteiger partial charge in [-0.1, -0.05) is 65.4 Å². The number of halogens is 5. The zero-order valence-electron chi connectivity index (χ0n) is 21.8. The topological polar surface area (TPSA) is 69.9 Å². The molecule has 12 heteroatoms. The molecule has 0 fully saturated rings. The first-order valence-corrected chi connectivity index (χ1v) is 13.8. The Morgan fingerprint density at radius 2 is 1.76 bits per heavy atom. The van der Waals surface area contributed by atoms with Gasteiger partial charge in [-0.3, -0.25) is 9.36 Å². The minimum atomic E-state index is -5.01. The molecule has 4 aromatic rings. The minimum Gasteiger partial charge on any atom is -0.488 e. The van der Waals surface area contributed by atoms with Gasteiger partial charge < -0.3 is 9.47 Å². The number of alkyl halides is 3. The molecule has 0 unspecified atom stereocenters. The highest BCUT2D eigenvalue weighted by Crippen LogP contribution is 2.38. The lowest BCUT2D eigenvalue weighted by molar-refractivity contribution is -0.140. The van der Waals surface area contributed by atoms with E-state index in [0.717, 1.165) is 15.9 Å². The monoisotopic (exact) mass is 616 g/mol. The van der Waals surface area contributed by atoms with Crippen LogP contribution in [0.15, 0.2) is 93.9 Å². The summed E-state index contributed by atoms with van der Waals surface area (Å²) in [5.41, 5.74) is -1.48. The number of nitrogens with zero attached hydrogens (tertiary/aromatic N) is 2. The summed E-state index contributed by atoms with van der Waals surface area (Å²) in [7, 11) is 0. The number of rotatable bonds is 7. The van der Waals surface area contributed by atoms with Gasteiger partial charge in [0.15, 0.2) is 10.5 Å². The number of carbonyl (C=O) groups is 1. The summed E-state index contributed by atoms with van der Waals surface area (Å²) in [6, 6.07) is 16.9. The molecule has 1 aromatic heterocycles. The van der Waals surface area contributed by atoms with E-state index >= 15 is 0 Å². The van der Waals surface area contributed by atoms with Gasteiger partial charge in [-0.15, -0.1) is 0 Å². The number of fused-ring (bicyclic) bond motifs is 1. The predicted octanol–water partition coefficient (Wildman–Crippen LogP) is 5.71. The Balaban J connectivity index is 1.66. The molecule has 216 valence electrons. The summed E-state index contributed by atoms with van der Waals surface area (Å²) >= 11 is 6.76. The maximum atomic E-state index is 14.3. The third-order valence-electron chi connectivity index (χ3n) is 6.29. The van der Waals surface area contributed by atoms with E-state index in [1.54, 1.807) is 36.4 Å². The first-order chi connectivity index (χ1) is 20.1. The standard InChI is InChI=1S/C30H21ClF4N2O4S/c1-2-40-28(39)24-25(18-9-11-20(31)12-10-18)37-27(38)23(42-29(37)36-26(24)30(33,34)35)15-19-5-3-4-6-22(19)41-16-17-7-13-21(32)14-8-17/h3-15,25H,2,16H2,1H3/b23-15-/t25-/m0/s1. The first kappa shape index (κ1) is 29.3. The van der Waals surface area contributed by atoms with Crippen LogP contribution in [0.4, 0.5) is 17.6 Å². The van der Waals surface area contributed by atoms with Gasteiger partial charge in [0.2, 0.25) is 0 Å². The van der Waals surface area contributed by atoms with Crippen molar-refractivity contribution in [3.05, 3.63) is 131 Å². The smallest absolute Gasteiger partial charge is 0.434 e. The van der Waals surface area contributed by atoms with Crippen LogP contribution in [0.1, 0.15) is 29.7 Å². The Labute approximate surface area is 245 Å². The van der Waals surface area contributed by atoms with Crippen LogP contribution in [-0.2, 0) is 16.1 Å². The van der Waals surface area contributed by atoms with Crippen molar-refractivity contribution in [1.82, 2.24) is 4.57 Å². The van der Waals surface area contributed by atoms with Gasteiger partial charge >= 0.3 is 12.1 Å². The molecule has 0 saturated heterocycles. The van der Waals surface area contributed by atoms with Gasteiger partial charge in [-0.2, -0.15) is 13.2 Å². The molecule has 0 spiro atoms. The van der Waals surface area contributed by atoms with E-state index < -0.39 is 35.0 Å². The van der Waals surface area contributed by atoms with Crippen LogP contribution in [0.2, 0.25) is 5.02 Å². The fourth-order valence-corrected chi connectivity index (χ4v) is 5.53. The summed E-state index contributed by atoms with van der Waals surface area (Å²) in [6.07, 6.45) is -3.52. The normalized spacial score (nSPS) is 15.3. The van der Waals surface area contributed by atoms with E-state index in [1.807, 2.05) is 0 Å². The van der Waals surface area contributed by atoms with Gasteiger partial charge in [-0.05, 0) is 54.5 Å². The number of para-hydroxylation sites is 1. The molecule has 42 heavy (non-hydrogen) atoms. The van der Waals surface area contributed by atoms with Gasteiger partial charge in [0.05, 0.1) is 22.8 Å². The van der Waals surface area contributed by atoms with Crippen LogP contribution in [-0.4, -0.2) is 23.3 Å². The van der Waals surface area contributed by atoms with E-state index in [2.05, 4.69) is 4.99 Å². The van der Waals surface area contributed by atoms with Crippen LogP contribution in [0.25, 0.3) is 6.08 Å². The zero-order valence-corrected chi connectivity index (χ0v) is 23.4. The first-order valence-electron chi connectivity index (χ1n) is 12.6. The van der Waals surface area contributed by atoms with Crippen LogP contribution < -0.4 is 19.6 Å². The Bertz CT molecular complexity index is 1850. The maximum Gasteiger partial charge on any atom is 0.434 e. The van der Waals surface area contributed by atoms with Crippen LogP contribution >= 0.6 is 22.9 Å². The molecule has 0 bridgehead atoms.